The van der Waals surface area contributed by atoms with Crippen LogP contribution in [0.3, 0.4) is 0 Å². The lowest BCUT2D eigenvalue weighted by Gasteiger charge is -2.15. The standard InChI is InChI=1S/C26H26N4O4S/c1-5-30-22-21(18(25(32)33-4)12-19(27-22)16-9-10-16)23(31)29-26(30)35-13-20-15(3)34-24(28-20)17-8-6-7-14(2)11-17/h6-8,11-12,16H,5,9-10,13H2,1-4H3. The van der Waals surface area contributed by atoms with Gasteiger partial charge in [-0.3, -0.25) is 4.79 Å². The molecule has 0 saturated heterocycles. The Labute approximate surface area is 206 Å². The van der Waals surface area contributed by atoms with E-state index in [4.69, 9.17) is 19.1 Å². The topological polar surface area (TPSA) is 100 Å². The number of ether oxygens (including phenoxy) is 1. The monoisotopic (exact) mass is 490 g/mol. The highest BCUT2D eigenvalue weighted by atomic mass is 32.2. The van der Waals surface area contributed by atoms with Gasteiger partial charge in [-0.1, -0.05) is 29.5 Å². The highest BCUT2D eigenvalue weighted by molar-refractivity contribution is 7.98. The highest BCUT2D eigenvalue weighted by Crippen LogP contribution is 2.40. The lowest BCUT2D eigenvalue weighted by Crippen LogP contribution is -2.20. The van der Waals surface area contributed by atoms with Crippen LogP contribution in [0, 0.1) is 13.8 Å². The smallest absolute Gasteiger partial charge is 0.338 e. The number of nitrogens with zero attached hydrogens (tertiary/aromatic N) is 4. The molecule has 35 heavy (non-hydrogen) atoms. The lowest BCUT2D eigenvalue weighted by atomic mass is 10.1. The first-order valence-electron chi connectivity index (χ1n) is 11.6. The quantitative estimate of drug-likeness (QED) is 0.202. The zero-order chi connectivity index (χ0) is 24.7. The number of rotatable bonds is 7. The zero-order valence-corrected chi connectivity index (χ0v) is 20.9. The third-order valence-corrected chi connectivity index (χ3v) is 7.12. The van der Waals surface area contributed by atoms with Crippen LogP contribution in [0.1, 0.15) is 58.8 Å². The van der Waals surface area contributed by atoms with Gasteiger partial charge >= 0.3 is 5.97 Å². The van der Waals surface area contributed by atoms with Gasteiger partial charge in [0.05, 0.1) is 23.8 Å². The van der Waals surface area contributed by atoms with Gasteiger partial charge in [0.25, 0.3) is 5.56 Å². The third kappa shape index (κ3) is 4.48. The number of carbonyl (C=O) groups is 1. The molecule has 0 radical (unpaired) electrons. The van der Waals surface area contributed by atoms with Crippen molar-refractivity contribution in [1.82, 2.24) is 19.5 Å². The fourth-order valence-corrected chi connectivity index (χ4v) is 5.15. The largest absolute Gasteiger partial charge is 0.465 e. The fraction of sp³-hybridized carbons (Fsp3) is 0.346. The molecule has 0 unspecified atom stereocenters. The van der Waals surface area contributed by atoms with Gasteiger partial charge in [-0.25, -0.2) is 14.8 Å². The molecule has 180 valence electrons. The summed E-state index contributed by atoms with van der Waals surface area (Å²) in [5.41, 5.74) is 3.87. The van der Waals surface area contributed by atoms with Crippen LogP contribution in [0.25, 0.3) is 22.5 Å². The summed E-state index contributed by atoms with van der Waals surface area (Å²) in [6.45, 7) is 6.42. The molecule has 5 rings (SSSR count). The van der Waals surface area contributed by atoms with E-state index in [2.05, 4.69) is 4.98 Å². The van der Waals surface area contributed by atoms with E-state index >= 15 is 0 Å². The summed E-state index contributed by atoms with van der Waals surface area (Å²) < 4.78 is 12.8. The van der Waals surface area contributed by atoms with E-state index in [1.807, 2.05) is 49.6 Å². The minimum absolute atomic E-state index is 0.201. The minimum Gasteiger partial charge on any atom is -0.465 e. The van der Waals surface area contributed by atoms with Crippen LogP contribution in [-0.2, 0) is 17.0 Å². The van der Waals surface area contributed by atoms with Crippen LogP contribution in [0.4, 0.5) is 0 Å². The first-order valence-corrected chi connectivity index (χ1v) is 12.6. The van der Waals surface area contributed by atoms with Crippen LogP contribution in [0.15, 0.2) is 44.7 Å². The molecule has 0 bridgehead atoms. The van der Waals surface area contributed by atoms with Crippen molar-refractivity contribution in [1.29, 1.82) is 0 Å². The van der Waals surface area contributed by atoms with Gasteiger partial charge < -0.3 is 13.7 Å². The Kier molecular flexibility index (Phi) is 6.19. The molecule has 0 aliphatic heterocycles. The second kappa shape index (κ2) is 9.30. The predicted molar refractivity (Wildman–Crippen MR) is 134 cm³/mol. The van der Waals surface area contributed by atoms with E-state index in [1.165, 1.54) is 18.9 Å². The van der Waals surface area contributed by atoms with Crippen molar-refractivity contribution in [3.05, 3.63) is 69.0 Å². The molecule has 0 atom stereocenters. The molecule has 8 nitrogen and oxygen atoms in total. The number of fused-ring (bicyclic) bond motifs is 1. The second-order valence-corrected chi connectivity index (χ2v) is 9.63. The predicted octanol–water partition coefficient (Wildman–Crippen LogP) is 5.04. The summed E-state index contributed by atoms with van der Waals surface area (Å²) in [6, 6.07) is 9.69. The first-order chi connectivity index (χ1) is 16.9. The van der Waals surface area contributed by atoms with E-state index in [-0.39, 0.29) is 10.9 Å². The van der Waals surface area contributed by atoms with Crippen LogP contribution < -0.4 is 5.56 Å². The van der Waals surface area contributed by atoms with Gasteiger partial charge in [0, 0.05) is 29.5 Å². The molecule has 3 aromatic heterocycles. The summed E-state index contributed by atoms with van der Waals surface area (Å²) in [5.74, 6) is 1.53. The van der Waals surface area contributed by atoms with E-state index < -0.39 is 11.5 Å². The molecule has 0 spiro atoms. The van der Waals surface area contributed by atoms with Crippen molar-refractivity contribution in [2.45, 2.75) is 57.0 Å². The maximum Gasteiger partial charge on any atom is 0.338 e. The minimum atomic E-state index is -0.553. The Balaban J connectivity index is 1.53. The van der Waals surface area contributed by atoms with Gasteiger partial charge in [-0.05, 0) is 51.8 Å². The van der Waals surface area contributed by atoms with Crippen molar-refractivity contribution in [3.63, 3.8) is 0 Å². The summed E-state index contributed by atoms with van der Waals surface area (Å²) in [4.78, 5) is 39.4. The summed E-state index contributed by atoms with van der Waals surface area (Å²) in [5, 5.41) is 0.729. The Bertz CT molecular complexity index is 1500. The van der Waals surface area contributed by atoms with Crippen molar-refractivity contribution in [2.24, 2.45) is 0 Å². The summed E-state index contributed by atoms with van der Waals surface area (Å²) in [7, 11) is 1.31. The molecule has 1 aromatic carbocycles. The maximum absolute atomic E-state index is 13.1. The van der Waals surface area contributed by atoms with Crippen molar-refractivity contribution >= 4 is 28.8 Å². The average molecular weight is 491 g/mol. The molecule has 1 saturated carbocycles. The van der Waals surface area contributed by atoms with Gasteiger partial charge in [0.15, 0.2) is 5.16 Å². The number of thioether (sulfide) groups is 1. The Hall–Kier alpha value is -3.46. The van der Waals surface area contributed by atoms with E-state index in [0.29, 0.717) is 34.9 Å². The maximum atomic E-state index is 13.1. The van der Waals surface area contributed by atoms with Crippen LogP contribution in [-0.4, -0.2) is 32.6 Å². The van der Waals surface area contributed by atoms with Crippen molar-refractivity contribution in [3.8, 4) is 11.5 Å². The molecule has 9 heteroatoms. The summed E-state index contributed by atoms with van der Waals surface area (Å²) >= 11 is 1.40. The van der Waals surface area contributed by atoms with Crippen molar-refractivity contribution < 1.29 is 13.9 Å². The Morgan fingerprint density at radius 3 is 2.69 bits per heavy atom. The zero-order valence-electron chi connectivity index (χ0n) is 20.1. The lowest BCUT2D eigenvalue weighted by molar-refractivity contribution is 0.0602. The normalized spacial score (nSPS) is 13.4. The number of benzene rings is 1. The average Bonchev–Trinajstić information content (AvgIpc) is 3.64. The number of aryl methyl sites for hydroxylation is 3. The number of aromatic nitrogens is 4. The number of hydrogen-bond acceptors (Lipinski definition) is 8. The van der Waals surface area contributed by atoms with Gasteiger partial charge in [0.1, 0.15) is 11.4 Å². The van der Waals surface area contributed by atoms with E-state index in [0.717, 1.165) is 41.1 Å². The molecule has 1 aliphatic rings. The van der Waals surface area contributed by atoms with Crippen LogP contribution in [0.2, 0.25) is 0 Å². The molecule has 0 N–H and O–H groups in total. The number of oxazole rings is 1. The van der Waals surface area contributed by atoms with E-state index in [9.17, 15) is 9.59 Å². The van der Waals surface area contributed by atoms with Crippen LogP contribution in [0.5, 0.6) is 0 Å². The van der Waals surface area contributed by atoms with E-state index in [1.54, 1.807) is 6.07 Å². The molecular formula is C26H26N4O4S. The number of esters is 1. The third-order valence-electron chi connectivity index (χ3n) is 6.13. The Morgan fingerprint density at radius 1 is 1.20 bits per heavy atom. The molecule has 3 heterocycles. The second-order valence-electron chi connectivity index (χ2n) is 8.68. The highest BCUT2D eigenvalue weighted by Gasteiger charge is 2.29. The number of hydrogen-bond donors (Lipinski definition) is 0. The van der Waals surface area contributed by atoms with Crippen LogP contribution >= 0.6 is 11.8 Å². The Morgan fingerprint density at radius 2 is 2.00 bits per heavy atom. The van der Waals surface area contributed by atoms with Gasteiger partial charge in [-0.15, -0.1) is 0 Å². The molecule has 1 fully saturated rings. The van der Waals surface area contributed by atoms with Gasteiger partial charge in [-0.2, -0.15) is 4.98 Å². The number of methoxy groups -OCH3 is 1. The fourth-order valence-electron chi connectivity index (χ4n) is 4.10. The number of carbonyl (C=O) groups excluding carboxylic acids is 1. The molecule has 0 amide bonds. The molecule has 4 aromatic rings. The molecular weight excluding hydrogens is 464 g/mol. The summed E-state index contributed by atoms with van der Waals surface area (Å²) in [6.07, 6.45) is 2.05. The van der Waals surface area contributed by atoms with Crippen molar-refractivity contribution in [2.75, 3.05) is 7.11 Å². The first kappa shape index (κ1) is 23.3. The molecule has 1 aliphatic carbocycles. The van der Waals surface area contributed by atoms with Gasteiger partial charge in [0.2, 0.25) is 5.89 Å². The number of pyridine rings is 1. The SMILES string of the molecule is CCn1c(SCc2nc(-c3cccc(C)c3)oc2C)nc(=O)c2c(C(=O)OC)cc(C3CC3)nc21.